The lowest BCUT2D eigenvalue weighted by molar-refractivity contribution is -0.116. The summed E-state index contributed by atoms with van der Waals surface area (Å²) in [6.45, 7) is 5.44. The lowest BCUT2D eigenvalue weighted by Crippen LogP contribution is -2.03. The molecule has 0 aromatic heterocycles. The third kappa shape index (κ3) is 3.66. The lowest BCUT2D eigenvalue weighted by Gasteiger charge is -2.03. The van der Waals surface area contributed by atoms with E-state index in [4.69, 9.17) is 0 Å². The fourth-order valence-electron chi connectivity index (χ4n) is 1.57. The van der Waals surface area contributed by atoms with Gasteiger partial charge in [0, 0.05) is 18.4 Å². The van der Waals surface area contributed by atoms with Crippen molar-refractivity contribution in [2.45, 2.75) is 33.6 Å². The molecule has 1 aromatic rings. The summed E-state index contributed by atoms with van der Waals surface area (Å²) in [5, 5.41) is 0. The molecule has 15 heavy (non-hydrogen) atoms. The van der Waals surface area contributed by atoms with Crippen LogP contribution in [0.4, 0.5) is 0 Å². The van der Waals surface area contributed by atoms with Crippen LogP contribution in [-0.4, -0.2) is 11.6 Å². The average Bonchev–Trinajstić information content (AvgIpc) is 2.12. The van der Waals surface area contributed by atoms with Crippen molar-refractivity contribution in [3.8, 4) is 0 Å². The number of carbonyl (C=O) groups is 2. The summed E-state index contributed by atoms with van der Waals surface area (Å²) in [6, 6.07) is 5.77. The van der Waals surface area contributed by atoms with Crippen molar-refractivity contribution in [1.82, 2.24) is 0 Å². The van der Waals surface area contributed by atoms with Crippen LogP contribution in [-0.2, 0) is 4.79 Å². The quantitative estimate of drug-likeness (QED) is 0.707. The maximum Gasteiger partial charge on any atom is 0.163 e. The van der Waals surface area contributed by atoms with Crippen molar-refractivity contribution >= 4 is 11.6 Å². The molecular weight excluding hydrogens is 188 g/mol. The second-order valence-electron chi connectivity index (χ2n) is 4.00. The van der Waals surface area contributed by atoms with E-state index >= 15 is 0 Å². The van der Waals surface area contributed by atoms with Gasteiger partial charge in [0.05, 0.1) is 0 Å². The van der Waals surface area contributed by atoms with Gasteiger partial charge in [-0.05, 0) is 32.9 Å². The van der Waals surface area contributed by atoms with Gasteiger partial charge in [0.15, 0.2) is 5.78 Å². The number of hydrogen-bond acceptors (Lipinski definition) is 2. The number of rotatable bonds is 4. The Hall–Kier alpha value is -1.44. The minimum absolute atomic E-state index is 0.0528. The fraction of sp³-hybridized carbons (Fsp3) is 0.385. The van der Waals surface area contributed by atoms with Crippen LogP contribution >= 0.6 is 0 Å². The van der Waals surface area contributed by atoms with Crippen molar-refractivity contribution in [2.75, 3.05) is 0 Å². The summed E-state index contributed by atoms with van der Waals surface area (Å²) in [7, 11) is 0. The Morgan fingerprint density at radius 2 is 1.53 bits per heavy atom. The van der Waals surface area contributed by atoms with Gasteiger partial charge < -0.3 is 4.79 Å². The van der Waals surface area contributed by atoms with Crippen LogP contribution in [0.15, 0.2) is 18.2 Å². The Bertz CT molecular complexity index is 371. The second kappa shape index (κ2) is 4.87. The zero-order valence-corrected chi connectivity index (χ0v) is 9.46. The van der Waals surface area contributed by atoms with Crippen molar-refractivity contribution in [1.29, 1.82) is 0 Å². The first kappa shape index (κ1) is 11.6. The van der Waals surface area contributed by atoms with E-state index in [9.17, 15) is 9.59 Å². The molecule has 2 heteroatoms. The Balaban J connectivity index is 2.77. The smallest absolute Gasteiger partial charge is 0.163 e. The van der Waals surface area contributed by atoms with Gasteiger partial charge in [0.2, 0.25) is 0 Å². The lowest BCUT2D eigenvalue weighted by atomic mass is 10.0. The number of ketones is 2. The molecule has 0 N–H and O–H groups in total. The largest absolute Gasteiger partial charge is 0.300 e. The van der Waals surface area contributed by atoms with Crippen LogP contribution in [0.3, 0.4) is 0 Å². The molecule has 1 rings (SSSR count). The molecule has 0 aliphatic carbocycles. The third-order valence-electron chi connectivity index (χ3n) is 2.25. The number of Topliss-reactive ketones (excluding diaryl/α,β-unsaturated/α-hetero) is 2. The summed E-state index contributed by atoms with van der Waals surface area (Å²) in [6.07, 6.45) is 0.657. The fourth-order valence-corrected chi connectivity index (χ4v) is 1.57. The molecule has 0 amide bonds. The number of aryl methyl sites for hydroxylation is 2. The van der Waals surface area contributed by atoms with Crippen molar-refractivity contribution in [3.05, 3.63) is 34.9 Å². The minimum Gasteiger partial charge on any atom is -0.300 e. The zero-order valence-electron chi connectivity index (χ0n) is 9.46. The van der Waals surface area contributed by atoms with E-state index in [1.165, 1.54) is 6.92 Å². The van der Waals surface area contributed by atoms with Crippen molar-refractivity contribution in [3.63, 3.8) is 0 Å². The van der Waals surface area contributed by atoms with E-state index in [0.29, 0.717) is 18.4 Å². The summed E-state index contributed by atoms with van der Waals surface area (Å²) < 4.78 is 0. The maximum atomic E-state index is 11.7. The molecule has 80 valence electrons. The van der Waals surface area contributed by atoms with Crippen LogP contribution in [0.2, 0.25) is 0 Å². The van der Waals surface area contributed by atoms with Crippen molar-refractivity contribution < 1.29 is 9.59 Å². The minimum atomic E-state index is 0.0528. The maximum absolute atomic E-state index is 11.7. The first-order chi connectivity index (χ1) is 6.99. The molecule has 0 atom stereocenters. The summed E-state index contributed by atoms with van der Waals surface area (Å²) >= 11 is 0. The number of carbonyl (C=O) groups excluding carboxylic acids is 2. The van der Waals surface area contributed by atoms with Gasteiger partial charge >= 0.3 is 0 Å². The molecule has 0 radical (unpaired) electrons. The van der Waals surface area contributed by atoms with Crippen LogP contribution in [0, 0.1) is 13.8 Å². The van der Waals surface area contributed by atoms with Crippen LogP contribution in [0.25, 0.3) is 0 Å². The van der Waals surface area contributed by atoms with E-state index in [-0.39, 0.29) is 11.6 Å². The molecule has 0 aliphatic rings. The average molecular weight is 204 g/mol. The van der Waals surface area contributed by atoms with Gasteiger partial charge in [-0.25, -0.2) is 0 Å². The van der Waals surface area contributed by atoms with Gasteiger partial charge in [-0.3, -0.25) is 4.79 Å². The SMILES string of the molecule is CC(=O)CCC(=O)c1cc(C)cc(C)c1. The van der Waals surface area contributed by atoms with Crippen molar-refractivity contribution in [2.24, 2.45) is 0 Å². The molecule has 0 fully saturated rings. The monoisotopic (exact) mass is 204 g/mol. The standard InChI is InChI=1S/C13H16O2/c1-9-6-10(2)8-12(7-9)13(15)5-4-11(3)14/h6-8H,4-5H2,1-3H3. The molecule has 0 spiro atoms. The Labute approximate surface area is 90.3 Å². The van der Waals surface area contributed by atoms with E-state index < -0.39 is 0 Å². The highest BCUT2D eigenvalue weighted by atomic mass is 16.1. The van der Waals surface area contributed by atoms with Gasteiger partial charge in [-0.1, -0.05) is 17.2 Å². The second-order valence-corrected chi connectivity index (χ2v) is 4.00. The van der Waals surface area contributed by atoms with E-state index in [2.05, 4.69) is 0 Å². The summed E-state index contributed by atoms with van der Waals surface area (Å²) in [5.74, 6) is 0.115. The van der Waals surface area contributed by atoms with Crippen LogP contribution in [0.5, 0.6) is 0 Å². The predicted octanol–water partition coefficient (Wildman–Crippen LogP) is 2.86. The number of benzene rings is 1. The van der Waals surface area contributed by atoms with Gasteiger partial charge in [-0.2, -0.15) is 0 Å². The molecule has 0 bridgehead atoms. The molecule has 0 unspecified atom stereocenters. The molecule has 1 aromatic carbocycles. The molecule has 0 heterocycles. The highest BCUT2D eigenvalue weighted by Gasteiger charge is 2.07. The molecule has 0 saturated carbocycles. The number of hydrogen-bond donors (Lipinski definition) is 0. The predicted molar refractivity (Wildman–Crippen MR) is 60.2 cm³/mol. The van der Waals surface area contributed by atoms with Crippen LogP contribution < -0.4 is 0 Å². The first-order valence-corrected chi connectivity index (χ1v) is 5.10. The highest BCUT2D eigenvalue weighted by molar-refractivity contribution is 5.98. The summed E-state index contributed by atoms with van der Waals surface area (Å²) in [5.41, 5.74) is 2.89. The van der Waals surface area contributed by atoms with Gasteiger partial charge in [0.25, 0.3) is 0 Å². The Morgan fingerprint density at radius 1 is 1.00 bits per heavy atom. The van der Waals surface area contributed by atoms with E-state index in [0.717, 1.165) is 11.1 Å². The molecular formula is C13H16O2. The Kier molecular flexibility index (Phi) is 3.78. The highest BCUT2D eigenvalue weighted by Crippen LogP contribution is 2.11. The molecule has 0 saturated heterocycles. The Morgan fingerprint density at radius 3 is 2.00 bits per heavy atom. The van der Waals surface area contributed by atoms with E-state index in [1.807, 2.05) is 32.0 Å². The third-order valence-corrected chi connectivity index (χ3v) is 2.25. The normalized spacial score (nSPS) is 10.1. The van der Waals surface area contributed by atoms with Gasteiger partial charge in [-0.15, -0.1) is 0 Å². The van der Waals surface area contributed by atoms with Gasteiger partial charge in [0.1, 0.15) is 5.78 Å². The summed E-state index contributed by atoms with van der Waals surface area (Å²) in [4.78, 5) is 22.5. The molecule has 0 aliphatic heterocycles. The van der Waals surface area contributed by atoms with E-state index in [1.54, 1.807) is 0 Å². The van der Waals surface area contributed by atoms with Crippen LogP contribution in [0.1, 0.15) is 41.3 Å². The first-order valence-electron chi connectivity index (χ1n) is 5.10. The molecule has 2 nitrogen and oxygen atoms in total. The zero-order chi connectivity index (χ0) is 11.4. The topological polar surface area (TPSA) is 34.1 Å².